The maximum Gasteiger partial charge on any atom is 0.435 e. The van der Waals surface area contributed by atoms with E-state index in [4.69, 9.17) is 4.74 Å². The van der Waals surface area contributed by atoms with Crippen LogP contribution in [-0.2, 0) is 30.3 Å². The monoisotopic (exact) mass is 416 g/mol. The van der Waals surface area contributed by atoms with Crippen molar-refractivity contribution in [2.75, 3.05) is 31.9 Å². The number of hydrogen-bond donors (Lipinski definition) is 2. The standard InChI is InChI=1S/C13H15F3N2O6S2/c1-24-2-6-3-25-11-8(10(20)18(11)9(6)12(21)22)17-7(19)4-26(23)13(15,16)5-14/h8,11H,2-5H2,1H3,(H,17,19)(H,21,22)/t8?,11-,26?/m0/s1. The second kappa shape index (κ2) is 8.06. The second-order valence-corrected chi connectivity index (χ2v) is 8.09. The van der Waals surface area contributed by atoms with Crippen molar-refractivity contribution >= 4 is 40.7 Å². The van der Waals surface area contributed by atoms with Gasteiger partial charge in [-0.1, -0.05) is 0 Å². The molecule has 1 fully saturated rings. The Hall–Kier alpha value is -1.44. The third-order valence-electron chi connectivity index (χ3n) is 3.64. The molecule has 13 heteroatoms. The van der Waals surface area contributed by atoms with Crippen LogP contribution in [-0.4, -0.2) is 80.9 Å². The van der Waals surface area contributed by atoms with Crippen LogP contribution in [0.3, 0.4) is 0 Å². The van der Waals surface area contributed by atoms with Crippen molar-refractivity contribution in [3.05, 3.63) is 11.3 Å². The lowest BCUT2D eigenvalue weighted by Gasteiger charge is -2.49. The number of methoxy groups -OCH3 is 1. The number of carbonyl (C=O) groups is 3. The molecule has 0 aromatic rings. The van der Waals surface area contributed by atoms with Gasteiger partial charge in [-0.15, -0.1) is 11.8 Å². The molecule has 146 valence electrons. The first kappa shape index (κ1) is 20.9. The highest BCUT2D eigenvalue weighted by Crippen LogP contribution is 2.40. The van der Waals surface area contributed by atoms with Crippen LogP contribution in [0.25, 0.3) is 0 Å². The summed E-state index contributed by atoms with van der Waals surface area (Å²) in [5.41, 5.74) is 0.154. The number of amides is 2. The lowest BCUT2D eigenvalue weighted by Crippen LogP contribution is -2.71. The normalized spacial score (nSPS) is 24.0. The fraction of sp³-hybridized carbons (Fsp3) is 0.615. The SMILES string of the molecule is COCC1=C(C(=O)O)N2C(=O)C(NC(=O)C[S+]([O-])C(F)(F)CF)[C@@H]2SC1. The van der Waals surface area contributed by atoms with Crippen LogP contribution in [0.15, 0.2) is 11.3 Å². The van der Waals surface area contributed by atoms with Gasteiger partial charge in [0.1, 0.15) is 17.1 Å². The predicted molar refractivity (Wildman–Crippen MR) is 85.5 cm³/mol. The predicted octanol–water partition coefficient (Wildman–Crippen LogP) is -0.318. The molecule has 0 saturated carbocycles. The Labute approximate surface area is 153 Å². The van der Waals surface area contributed by atoms with Gasteiger partial charge >= 0.3 is 11.2 Å². The quantitative estimate of drug-likeness (QED) is 0.411. The summed E-state index contributed by atoms with van der Waals surface area (Å²) in [5, 5.41) is 6.59. The van der Waals surface area contributed by atoms with E-state index in [1.807, 2.05) is 0 Å². The Morgan fingerprint density at radius 3 is 2.73 bits per heavy atom. The molecule has 2 N–H and O–H groups in total. The Kier molecular flexibility index (Phi) is 6.47. The van der Waals surface area contributed by atoms with Crippen molar-refractivity contribution in [1.82, 2.24) is 10.2 Å². The van der Waals surface area contributed by atoms with E-state index in [1.54, 1.807) is 0 Å². The van der Waals surface area contributed by atoms with Gasteiger partial charge in [-0.3, -0.25) is 14.5 Å². The van der Waals surface area contributed by atoms with Gasteiger partial charge in [-0.25, -0.2) is 9.18 Å². The summed E-state index contributed by atoms with van der Waals surface area (Å²) >= 11 is -1.90. The minimum atomic E-state index is -4.15. The molecule has 2 unspecified atom stereocenters. The number of halogens is 3. The molecule has 2 heterocycles. The van der Waals surface area contributed by atoms with Crippen molar-refractivity contribution in [3.63, 3.8) is 0 Å². The number of carboxylic acid groups (broad SMARTS) is 1. The molecule has 8 nitrogen and oxygen atoms in total. The van der Waals surface area contributed by atoms with E-state index in [2.05, 4.69) is 5.32 Å². The third kappa shape index (κ3) is 3.94. The topological polar surface area (TPSA) is 119 Å². The summed E-state index contributed by atoms with van der Waals surface area (Å²) in [4.78, 5) is 36.4. The fourth-order valence-corrected chi connectivity index (χ4v) is 4.45. The highest BCUT2D eigenvalue weighted by molar-refractivity contribution is 8.00. The van der Waals surface area contributed by atoms with Gasteiger partial charge in [0.25, 0.3) is 11.8 Å². The average Bonchev–Trinajstić information content (AvgIpc) is 2.59. The molecule has 0 aliphatic carbocycles. The first-order valence-electron chi connectivity index (χ1n) is 7.14. The van der Waals surface area contributed by atoms with E-state index in [0.29, 0.717) is 5.57 Å². The molecule has 1 saturated heterocycles. The first-order chi connectivity index (χ1) is 12.1. The van der Waals surface area contributed by atoms with E-state index in [9.17, 15) is 37.2 Å². The summed E-state index contributed by atoms with van der Waals surface area (Å²) in [7, 11) is 1.37. The van der Waals surface area contributed by atoms with E-state index >= 15 is 0 Å². The van der Waals surface area contributed by atoms with Crippen LogP contribution < -0.4 is 5.32 Å². The largest absolute Gasteiger partial charge is 0.611 e. The summed E-state index contributed by atoms with van der Waals surface area (Å²) in [6.07, 6.45) is 0. The number of alkyl halides is 3. The second-order valence-electron chi connectivity index (χ2n) is 5.41. The van der Waals surface area contributed by atoms with Crippen LogP contribution in [0.1, 0.15) is 0 Å². The first-order valence-corrected chi connectivity index (χ1v) is 9.51. The van der Waals surface area contributed by atoms with Gasteiger partial charge in [0.05, 0.1) is 6.61 Å². The minimum Gasteiger partial charge on any atom is -0.611 e. The number of thioether (sulfide) groups is 1. The summed E-state index contributed by atoms with van der Waals surface area (Å²) in [6, 6.07) is -1.14. The lowest BCUT2D eigenvalue weighted by atomic mass is 10.0. The molecule has 0 bridgehead atoms. The van der Waals surface area contributed by atoms with Crippen molar-refractivity contribution < 1.29 is 42.0 Å². The van der Waals surface area contributed by atoms with Crippen LogP contribution >= 0.6 is 11.8 Å². The molecule has 0 aromatic heterocycles. The highest BCUT2D eigenvalue weighted by Gasteiger charge is 2.54. The number of ether oxygens (including phenoxy) is 1. The third-order valence-corrected chi connectivity index (χ3v) is 6.28. The molecule has 0 spiro atoms. The van der Waals surface area contributed by atoms with E-state index in [1.165, 1.54) is 18.9 Å². The Bertz CT molecular complexity index is 647. The van der Waals surface area contributed by atoms with Crippen LogP contribution in [0, 0.1) is 0 Å². The molecule has 2 aliphatic heterocycles. The number of hydrogen-bond acceptors (Lipinski definition) is 6. The zero-order valence-corrected chi connectivity index (χ0v) is 15.0. The van der Waals surface area contributed by atoms with Gasteiger partial charge in [0.2, 0.25) is 6.67 Å². The van der Waals surface area contributed by atoms with Crippen LogP contribution in [0.4, 0.5) is 13.2 Å². The number of aliphatic carboxylic acids is 1. The number of carboxylic acids is 1. The Morgan fingerprint density at radius 1 is 1.54 bits per heavy atom. The maximum absolute atomic E-state index is 12.9. The number of nitrogens with zero attached hydrogens (tertiary/aromatic N) is 1. The summed E-state index contributed by atoms with van der Waals surface area (Å²) in [5.74, 6) is -4.11. The molecule has 26 heavy (non-hydrogen) atoms. The molecule has 2 rings (SSSR count). The van der Waals surface area contributed by atoms with Crippen molar-refractivity contribution in [2.24, 2.45) is 0 Å². The van der Waals surface area contributed by atoms with Crippen LogP contribution in [0.2, 0.25) is 0 Å². The minimum absolute atomic E-state index is 0.0133. The average molecular weight is 416 g/mol. The van der Waals surface area contributed by atoms with Crippen molar-refractivity contribution in [3.8, 4) is 0 Å². The summed E-state index contributed by atoms with van der Waals surface area (Å²) in [6.45, 7) is -2.16. The van der Waals surface area contributed by atoms with Gasteiger partial charge in [0.15, 0.2) is 5.75 Å². The Balaban J connectivity index is 2.05. The highest BCUT2D eigenvalue weighted by atomic mass is 32.2. The molecule has 2 amide bonds. The van der Waals surface area contributed by atoms with Gasteiger partial charge in [-0.05, 0) is 5.57 Å². The smallest absolute Gasteiger partial charge is 0.435 e. The zero-order chi connectivity index (χ0) is 19.6. The lowest BCUT2D eigenvalue weighted by molar-refractivity contribution is -0.150. The van der Waals surface area contributed by atoms with Gasteiger partial charge in [0, 0.05) is 24.0 Å². The number of carbonyl (C=O) groups excluding carboxylic acids is 2. The number of nitrogens with one attached hydrogen (secondary N) is 1. The van der Waals surface area contributed by atoms with Crippen molar-refractivity contribution in [1.29, 1.82) is 0 Å². The summed E-state index contributed by atoms with van der Waals surface area (Å²) < 4.78 is 54.1. The molecule has 0 aromatic carbocycles. The Morgan fingerprint density at radius 2 is 2.19 bits per heavy atom. The number of rotatable bonds is 8. The zero-order valence-electron chi connectivity index (χ0n) is 13.4. The van der Waals surface area contributed by atoms with E-state index < -0.39 is 58.1 Å². The molecular formula is C13H15F3N2O6S2. The molecule has 0 radical (unpaired) electrons. The van der Waals surface area contributed by atoms with Crippen LogP contribution in [0.5, 0.6) is 0 Å². The number of fused-ring (bicyclic) bond motifs is 1. The maximum atomic E-state index is 12.9. The molecular weight excluding hydrogens is 401 g/mol. The van der Waals surface area contributed by atoms with E-state index in [-0.39, 0.29) is 18.1 Å². The number of β-lactam (4-membered cyclic amide) rings is 1. The van der Waals surface area contributed by atoms with Gasteiger partial charge < -0.3 is 19.7 Å². The van der Waals surface area contributed by atoms with Gasteiger partial charge in [-0.2, -0.15) is 8.78 Å². The van der Waals surface area contributed by atoms with Crippen molar-refractivity contribution in [2.45, 2.75) is 16.7 Å². The fourth-order valence-electron chi connectivity index (χ4n) is 2.47. The van der Waals surface area contributed by atoms with E-state index in [0.717, 1.165) is 4.90 Å². The molecule has 3 atom stereocenters. The molecule has 2 aliphatic rings.